The highest BCUT2D eigenvalue weighted by molar-refractivity contribution is 5.96. The normalized spacial score (nSPS) is 15.6. The Morgan fingerprint density at radius 3 is 1.63 bits per heavy atom. The quantitative estimate of drug-likeness (QED) is 0.0757. The number of ketones is 2. The third kappa shape index (κ3) is 9.14. The molecular weight excluding hydrogens is 769 g/mol. The van der Waals surface area contributed by atoms with Gasteiger partial charge < -0.3 is 18.9 Å². The summed E-state index contributed by atoms with van der Waals surface area (Å²) < 4.78 is 25.1. The molecule has 0 spiro atoms. The molecule has 0 amide bonds. The first-order chi connectivity index (χ1) is 29.4. The highest BCUT2D eigenvalue weighted by Gasteiger charge is 2.47. The molecule has 6 heteroatoms. The molecule has 0 heterocycles. The molecule has 0 N–H and O–H groups in total. The summed E-state index contributed by atoms with van der Waals surface area (Å²) in [5.41, 5.74) is 8.30. The molecule has 0 saturated carbocycles. The van der Waals surface area contributed by atoms with Gasteiger partial charge in [0.15, 0.2) is 11.6 Å². The van der Waals surface area contributed by atoms with E-state index in [2.05, 4.69) is 128 Å². The number of benzene rings is 5. The van der Waals surface area contributed by atoms with Crippen LogP contribution in [0.25, 0.3) is 11.1 Å². The van der Waals surface area contributed by atoms with E-state index in [1.165, 1.54) is 62.2 Å². The molecule has 5 aromatic rings. The van der Waals surface area contributed by atoms with Crippen LogP contribution in [0.3, 0.4) is 0 Å². The molecule has 2 aliphatic carbocycles. The second kappa shape index (κ2) is 17.3. The standard InChI is InChI=1S/C56H62O6/c1-11-50(57)54(7,8)59-33-31-52(3,4)61-43-27-23-41(24-28-43)56(42-25-29-44(30-26-42)62-53(5,6)32-34-60-55(9,10)51(58)12-2)37-48(46-19-15-16-20-49(46)56)40-22-21-39-35-38-17-13-14-18-45(38)47(39)36-40/h11-30,36,48H,1-2,31-35,37H2,3-10H3. The smallest absolute Gasteiger partial charge is 0.186 e. The highest BCUT2D eigenvalue weighted by Crippen LogP contribution is 2.56. The lowest BCUT2D eigenvalue weighted by Crippen LogP contribution is -2.37. The fourth-order valence-electron chi connectivity index (χ4n) is 9.18. The lowest BCUT2D eigenvalue weighted by atomic mass is 9.69. The fourth-order valence-corrected chi connectivity index (χ4v) is 9.18. The van der Waals surface area contributed by atoms with Crippen LogP contribution in [0.4, 0.5) is 0 Å². The molecule has 6 nitrogen and oxygen atoms in total. The SMILES string of the molecule is C=CC(=O)C(C)(C)OCCC(C)(C)Oc1ccc(C2(c3ccc(OC(C)(C)CCOC(C)(C)C(=O)C=C)cc3)CC(c3ccc4c(c3)-c3ccccc3C4)c3ccccc32)cc1. The molecule has 2 aliphatic rings. The highest BCUT2D eigenvalue weighted by atomic mass is 16.5. The Morgan fingerprint density at radius 2 is 1.10 bits per heavy atom. The van der Waals surface area contributed by atoms with Crippen LogP contribution in [-0.2, 0) is 30.9 Å². The van der Waals surface area contributed by atoms with Gasteiger partial charge in [0, 0.05) is 24.2 Å². The van der Waals surface area contributed by atoms with Gasteiger partial charge in [-0.1, -0.05) is 104 Å². The van der Waals surface area contributed by atoms with E-state index in [9.17, 15) is 9.59 Å². The van der Waals surface area contributed by atoms with Crippen LogP contribution in [0.5, 0.6) is 11.5 Å². The van der Waals surface area contributed by atoms with Crippen LogP contribution in [0.15, 0.2) is 141 Å². The molecule has 7 rings (SSSR count). The van der Waals surface area contributed by atoms with Crippen LogP contribution < -0.4 is 9.47 Å². The second-order valence-corrected chi connectivity index (χ2v) is 19.1. The third-order valence-corrected chi connectivity index (χ3v) is 12.9. The van der Waals surface area contributed by atoms with Crippen molar-refractivity contribution >= 4 is 11.6 Å². The van der Waals surface area contributed by atoms with Crippen LogP contribution in [0.1, 0.15) is 120 Å². The molecule has 62 heavy (non-hydrogen) atoms. The van der Waals surface area contributed by atoms with E-state index in [4.69, 9.17) is 18.9 Å². The fraction of sp³-hybridized carbons (Fsp3) is 0.357. The summed E-state index contributed by atoms with van der Waals surface area (Å²) >= 11 is 0. The Morgan fingerprint density at radius 1 is 0.613 bits per heavy atom. The molecule has 0 saturated heterocycles. The van der Waals surface area contributed by atoms with Crippen LogP contribution in [0.2, 0.25) is 0 Å². The first-order valence-corrected chi connectivity index (χ1v) is 21.9. The second-order valence-electron chi connectivity index (χ2n) is 19.1. The Bertz CT molecular complexity index is 2350. The summed E-state index contributed by atoms with van der Waals surface area (Å²) in [6, 6.07) is 42.0. The van der Waals surface area contributed by atoms with Gasteiger partial charge in [-0.05, 0) is 155 Å². The lowest BCUT2D eigenvalue weighted by molar-refractivity contribution is -0.136. The van der Waals surface area contributed by atoms with Crippen molar-refractivity contribution in [3.8, 4) is 22.6 Å². The summed E-state index contributed by atoms with van der Waals surface area (Å²) in [5, 5.41) is 0. The van der Waals surface area contributed by atoms with Crippen molar-refractivity contribution < 1.29 is 28.5 Å². The summed E-state index contributed by atoms with van der Waals surface area (Å²) in [7, 11) is 0. The number of carbonyl (C=O) groups excluding carboxylic acids is 2. The maximum Gasteiger partial charge on any atom is 0.186 e. The molecule has 5 aromatic carbocycles. The van der Waals surface area contributed by atoms with E-state index in [1.807, 2.05) is 27.7 Å². The van der Waals surface area contributed by atoms with Crippen LogP contribution in [-0.4, -0.2) is 47.2 Å². The van der Waals surface area contributed by atoms with Crippen LogP contribution >= 0.6 is 0 Å². The predicted octanol–water partition coefficient (Wildman–Crippen LogP) is 12.3. The van der Waals surface area contributed by atoms with E-state index >= 15 is 0 Å². The number of hydrogen-bond donors (Lipinski definition) is 0. The van der Waals surface area contributed by atoms with Crippen molar-refractivity contribution in [1.29, 1.82) is 0 Å². The first-order valence-electron chi connectivity index (χ1n) is 21.9. The topological polar surface area (TPSA) is 71.1 Å². The van der Waals surface area contributed by atoms with Gasteiger partial charge in [0.2, 0.25) is 0 Å². The van der Waals surface area contributed by atoms with Crippen molar-refractivity contribution in [2.75, 3.05) is 13.2 Å². The molecule has 0 aromatic heterocycles. The number of carbonyl (C=O) groups is 2. The average molecular weight is 831 g/mol. The zero-order chi connectivity index (χ0) is 44.5. The van der Waals surface area contributed by atoms with Gasteiger partial charge in [0.05, 0.1) is 13.2 Å². The number of fused-ring (bicyclic) bond motifs is 4. The molecule has 0 radical (unpaired) electrons. The minimum absolute atomic E-state index is 0.145. The van der Waals surface area contributed by atoms with E-state index in [0.29, 0.717) is 26.1 Å². The zero-order valence-electron chi connectivity index (χ0n) is 37.8. The average Bonchev–Trinajstić information content (AvgIpc) is 3.79. The Hall–Kier alpha value is -5.56. The van der Waals surface area contributed by atoms with Gasteiger partial charge in [-0.15, -0.1) is 0 Å². The van der Waals surface area contributed by atoms with E-state index in [-0.39, 0.29) is 17.5 Å². The number of hydrogen-bond acceptors (Lipinski definition) is 6. The maximum atomic E-state index is 12.3. The Balaban J connectivity index is 1.20. The molecule has 0 bridgehead atoms. The van der Waals surface area contributed by atoms with Crippen molar-refractivity contribution in [1.82, 2.24) is 0 Å². The van der Waals surface area contributed by atoms with Crippen molar-refractivity contribution in [2.45, 2.75) is 115 Å². The zero-order valence-corrected chi connectivity index (χ0v) is 37.8. The summed E-state index contributed by atoms with van der Waals surface area (Å²) in [6.45, 7) is 23.2. The summed E-state index contributed by atoms with van der Waals surface area (Å²) in [6.07, 6.45) is 5.62. The number of rotatable bonds is 19. The lowest BCUT2D eigenvalue weighted by Gasteiger charge is -2.34. The van der Waals surface area contributed by atoms with Gasteiger partial charge in [-0.25, -0.2) is 0 Å². The molecular formula is C56H62O6. The Labute approximate surface area is 369 Å². The van der Waals surface area contributed by atoms with Crippen LogP contribution in [0, 0.1) is 0 Å². The molecule has 0 fully saturated rings. The van der Waals surface area contributed by atoms with Gasteiger partial charge in [-0.2, -0.15) is 0 Å². The molecule has 0 aliphatic heterocycles. The maximum absolute atomic E-state index is 12.3. The van der Waals surface area contributed by atoms with Crippen molar-refractivity contribution in [2.24, 2.45) is 0 Å². The minimum Gasteiger partial charge on any atom is -0.488 e. The van der Waals surface area contributed by atoms with Crippen molar-refractivity contribution in [3.63, 3.8) is 0 Å². The van der Waals surface area contributed by atoms with Gasteiger partial charge in [0.1, 0.15) is 33.9 Å². The largest absolute Gasteiger partial charge is 0.488 e. The summed E-state index contributed by atoms with van der Waals surface area (Å²) in [5.74, 6) is 1.40. The Kier molecular flexibility index (Phi) is 12.4. The molecule has 1 unspecified atom stereocenters. The first kappa shape index (κ1) is 44.5. The summed E-state index contributed by atoms with van der Waals surface area (Å²) in [4.78, 5) is 24.6. The minimum atomic E-state index is -0.936. The van der Waals surface area contributed by atoms with Gasteiger partial charge in [-0.3, -0.25) is 9.59 Å². The van der Waals surface area contributed by atoms with Crippen molar-refractivity contribution in [3.05, 3.63) is 180 Å². The molecule has 322 valence electrons. The molecule has 1 atom stereocenters. The predicted molar refractivity (Wildman–Crippen MR) is 249 cm³/mol. The van der Waals surface area contributed by atoms with Gasteiger partial charge >= 0.3 is 0 Å². The van der Waals surface area contributed by atoms with Gasteiger partial charge in [0.25, 0.3) is 0 Å². The number of ether oxygens (including phenoxy) is 4. The van der Waals surface area contributed by atoms with E-state index in [1.54, 1.807) is 27.7 Å². The van der Waals surface area contributed by atoms with E-state index in [0.717, 1.165) is 24.3 Å². The third-order valence-electron chi connectivity index (χ3n) is 12.9. The monoisotopic (exact) mass is 830 g/mol. The van der Waals surface area contributed by atoms with E-state index < -0.39 is 27.8 Å².